The Hall–Kier alpha value is -1.22. The molecule has 0 unspecified atom stereocenters. The van der Waals surface area contributed by atoms with Gasteiger partial charge in [-0.15, -0.1) is 0 Å². The van der Waals surface area contributed by atoms with Crippen LogP contribution >= 0.6 is 11.6 Å². The molecule has 3 nitrogen and oxygen atoms in total. The summed E-state index contributed by atoms with van der Waals surface area (Å²) in [7, 11) is 0. The van der Waals surface area contributed by atoms with Crippen molar-refractivity contribution in [1.29, 1.82) is 0 Å². The van der Waals surface area contributed by atoms with Gasteiger partial charge in [0.15, 0.2) is 5.15 Å². The van der Waals surface area contributed by atoms with Gasteiger partial charge in [0.25, 0.3) is 0 Å². The van der Waals surface area contributed by atoms with E-state index in [4.69, 9.17) is 11.6 Å². The highest BCUT2D eigenvalue weighted by molar-refractivity contribution is 6.33. The van der Waals surface area contributed by atoms with Gasteiger partial charge in [-0.25, -0.2) is 15.0 Å². The fraction of sp³-hybridized carbons (Fsp3) is 0.222. The highest BCUT2D eigenvalue weighted by Crippen LogP contribution is 2.18. The quantitative estimate of drug-likeness (QED) is 0.603. The van der Waals surface area contributed by atoms with Crippen molar-refractivity contribution >= 4 is 22.6 Å². The maximum atomic E-state index is 5.87. The van der Waals surface area contributed by atoms with Gasteiger partial charge in [-0.3, -0.25) is 0 Å². The Bertz CT molecular complexity index is 468. The molecule has 0 N–H and O–H groups in total. The van der Waals surface area contributed by atoms with E-state index in [0.29, 0.717) is 10.7 Å². The lowest BCUT2D eigenvalue weighted by molar-refractivity contribution is 1.14. The van der Waals surface area contributed by atoms with Crippen LogP contribution in [-0.4, -0.2) is 15.0 Å². The normalized spacial score (nSPS) is 10.7. The summed E-state index contributed by atoms with van der Waals surface area (Å²) in [6, 6.07) is 1.96. The Morgan fingerprint density at radius 1 is 1.23 bits per heavy atom. The Kier molecular flexibility index (Phi) is 1.88. The Morgan fingerprint density at radius 2 is 2.00 bits per heavy atom. The van der Waals surface area contributed by atoms with Gasteiger partial charge in [0.05, 0.1) is 5.52 Å². The van der Waals surface area contributed by atoms with Crippen LogP contribution in [0.2, 0.25) is 5.15 Å². The number of nitrogens with zero attached hydrogens (tertiary/aromatic N) is 3. The molecule has 13 heavy (non-hydrogen) atoms. The van der Waals surface area contributed by atoms with Gasteiger partial charge in [-0.05, 0) is 25.5 Å². The van der Waals surface area contributed by atoms with Crippen molar-refractivity contribution in [1.82, 2.24) is 15.0 Å². The number of pyridine rings is 1. The van der Waals surface area contributed by atoms with Crippen LogP contribution in [0.5, 0.6) is 0 Å². The van der Waals surface area contributed by atoms with Gasteiger partial charge in [-0.2, -0.15) is 0 Å². The van der Waals surface area contributed by atoms with E-state index in [-0.39, 0.29) is 0 Å². The molecule has 0 bridgehead atoms. The maximum absolute atomic E-state index is 5.87. The average molecular weight is 194 g/mol. The van der Waals surface area contributed by atoms with Crippen molar-refractivity contribution < 1.29 is 0 Å². The first-order valence-electron chi connectivity index (χ1n) is 3.93. The molecule has 0 spiro atoms. The van der Waals surface area contributed by atoms with Crippen LogP contribution in [0.3, 0.4) is 0 Å². The van der Waals surface area contributed by atoms with E-state index in [2.05, 4.69) is 15.0 Å². The third kappa shape index (κ3) is 1.35. The molecule has 2 rings (SSSR count). The molecule has 0 radical (unpaired) electrons. The van der Waals surface area contributed by atoms with Crippen molar-refractivity contribution in [2.45, 2.75) is 13.8 Å². The lowest BCUT2D eigenvalue weighted by atomic mass is 10.2. The van der Waals surface area contributed by atoms with Crippen LogP contribution in [0.1, 0.15) is 11.3 Å². The van der Waals surface area contributed by atoms with Gasteiger partial charge in [0.2, 0.25) is 0 Å². The number of halogens is 1. The SMILES string of the molecule is Cc1cc2ncnc(Cl)c2nc1C. The third-order valence-corrected chi connectivity index (χ3v) is 2.29. The lowest BCUT2D eigenvalue weighted by Gasteiger charge is -2.02. The second-order valence-corrected chi connectivity index (χ2v) is 3.28. The summed E-state index contributed by atoms with van der Waals surface area (Å²) in [6.45, 7) is 3.94. The molecule has 4 heteroatoms. The Morgan fingerprint density at radius 3 is 2.77 bits per heavy atom. The van der Waals surface area contributed by atoms with Crippen molar-refractivity contribution in [3.63, 3.8) is 0 Å². The number of aromatic nitrogens is 3. The minimum Gasteiger partial charge on any atom is -0.248 e. The first kappa shape index (κ1) is 8.38. The molecule has 2 heterocycles. The monoisotopic (exact) mass is 193 g/mol. The van der Waals surface area contributed by atoms with E-state index in [1.54, 1.807) is 0 Å². The van der Waals surface area contributed by atoms with E-state index >= 15 is 0 Å². The molecule has 66 valence electrons. The predicted octanol–water partition coefficient (Wildman–Crippen LogP) is 2.30. The van der Waals surface area contributed by atoms with E-state index < -0.39 is 0 Å². The van der Waals surface area contributed by atoms with Gasteiger partial charge in [0, 0.05) is 5.69 Å². The van der Waals surface area contributed by atoms with Crippen LogP contribution in [0.4, 0.5) is 0 Å². The van der Waals surface area contributed by atoms with Gasteiger partial charge < -0.3 is 0 Å². The van der Waals surface area contributed by atoms with Crippen LogP contribution < -0.4 is 0 Å². The fourth-order valence-corrected chi connectivity index (χ4v) is 1.33. The minimum atomic E-state index is 0.410. The third-order valence-electron chi connectivity index (χ3n) is 2.01. The second-order valence-electron chi connectivity index (χ2n) is 2.92. The van der Waals surface area contributed by atoms with E-state index in [9.17, 15) is 0 Å². The summed E-state index contributed by atoms with van der Waals surface area (Å²) in [5.74, 6) is 0. The molecule has 0 aliphatic carbocycles. The van der Waals surface area contributed by atoms with Crippen molar-refractivity contribution in [2.75, 3.05) is 0 Å². The molecule has 0 amide bonds. The molecule has 0 aliphatic heterocycles. The average Bonchev–Trinajstić information content (AvgIpc) is 2.09. The number of aryl methyl sites for hydroxylation is 2. The van der Waals surface area contributed by atoms with Crippen LogP contribution in [0.15, 0.2) is 12.4 Å². The van der Waals surface area contributed by atoms with E-state index in [0.717, 1.165) is 16.8 Å². The zero-order chi connectivity index (χ0) is 9.42. The summed E-state index contributed by atoms with van der Waals surface area (Å²) in [5.41, 5.74) is 3.54. The standard InChI is InChI=1S/C9H8ClN3/c1-5-3-7-8(13-6(5)2)9(10)12-4-11-7/h3-4H,1-2H3. The van der Waals surface area contributed by atoms with Crippen LogP contribution in [0.25, 0.3) is 11.0 Å². The van der Waals surface area contributed by atoms with Gasteiger partial charge in [-0.1, -0.05) is 11.6 Å². The van der Waals surface area contributed by atoms with Gasteiger partial charge in [0.1, 0.15) is 11.8 Å². The van der Waals surface area contributed by atoms with E-state index in [1.807, 2.05) is 19.9 Å². The molecule has 2 aromatic rings. The molecule has 0 aliphatic rings. The molecular formula is C9H8ClN3. The predicted molar refractivity (Wildman–Crippen MR) is 51.8 cm³/mol. The lowest BCUT2D eigenvalue weighted by Crippen LogP contribution is -1.92. The highest BCUT2D eigenvalue weighted by Gasteiger charge is 2.04. The zero-order valence-corrected chi connectivity index (χ0v) is 8.13. The molecule has 0 atom stereocenters. The first-order valence-corrected chi connectivity index (χ1v) is 4.31. The topological polar surface area (TPSA) is 38.7 Å². The van der Waals surface area contributed by atoms with Crippen LogP contribution in [0, 0.1) is 13.8 Å². The summed E-state index contributed by atoms with van der Waals surface area (Å²) in [4.78, 5) is 12.3. The minimum absolute atomic E-state index is 0.410. The fourth-order valence-electron chi connectivity index (χ4n) is 1.14. The van der Waals surface area contributed by atoms with Gasteiger partial charge >= 0.3 is 0 Å². The Balaban J connectivity index is 2.89. The largest absolute Gasteiger partial charge is 0.248 e. The second kappa shape index (κ2) is 2.92. The summed E-state index contributed by atoms with van der Waals surface area (Å²) in [6.07, 6.45) is 1.45. The van der Waals surface area contributed by atoms with Crippen LogP contribution in [-0.2, 0) is 0 Å². The summed E-state index contributed by atoms with van der Waals surface area (Å²) in [5, 5.41) is 0.410. The zero-order valence-electron chi connectivity index (χ0n) is 7.37. The first-order chi connectivity index (χ1) is 6.18. The molecule has 0 saturated carbocycles. The number of fused-ring (bicyclic) bond motifs is 1. The number of hydrogen-bond donors (Lipinski definition) is 0. The number of rotatable bonds is 0. The molecule has 2 aromatic heterocycles. The number of hydrogen-bond acceptors (Lipinski definition) is 3. The smallest absolute Gasteiger partial charge is 0.158 e. The summed E-state index contributed by atoms with van der Waals surface area (Å²) >= 11 is 5.87. The summed E-state index contributed by atoms with van der Waals surface area (Å²) < 4.78 is 0. The van der Waals surface area contributed by atoms with Crippen molar-refractivity contribution in [2.24, 2.45) is 0 Å². The highest BCUT2D eigenvalue weighted by atomic mass is 35.5. The Labute approximate surface area is 80.8 Å². The maximum Gasteiger partial charge on any atom is 0.158 e. The van der Waals surface area contributed by atoms with E-state index in [1.165, 1.54) is 6.33 Å². The molecule has 0 fully saturated rings. The molecule has 0 aromatic carbocycles. The molecular weight excluding hydrogens is 186 g/mol. The van der Waals surface area contributed by atoms with Crippen molar-refractivity contribution in [3.05, 3.63) is 28.8 Å². The molecule has 0 saturated heterocycles. The van der Waals surface area contributed by atoms with Crippen molar-refractivity contribution in [3.8, 4) is 0 Å².